The van der Waals surface area contributed by atoms with E-state index in [1.165, 1.54) is 5.56 Å². The lowest BCUT2D eigenvalue weighted by atomic mass is 9.74. The minimum atomic E-state index is -0.0389. The first-order valence-corrected chi connectivity index (χ1v) is 6.58. The summed E-state index contributed by atoms with van der Waals surface area (Å²) in [4.78, 5) is 12.6. The van der Waals surface area contributed by atoms with Crippen LogP contribution in [-0.2, 0) is 6.42 Å². The van der Waals surface area contributed by atoms with Crippen molar-refractivity contribution in [2.24, 2.45) is 0 Å². The average Bonchev–Trinajstić information content (AvgIpc) is 2.47. The van der Waals surface area contributed by atoms with E-state index in [1.54, 1.807) is 32.4 Å². The lowest BCUT2D eigenvalue weighted by Crippen LogP contribution is -2.25. The Balaban J connectivity index is 1.92. The third kappa shape index (κ3) is 2.05. The van der Waals surface area contributed by atoms with Crippen molar-refractivity contribution in [3.63, 3.8) is 0 Å². The largest absolute Gasteiger partial charge is 0.497 e. The number of Topliss-reactive ketones (excluding diaryl/α,β-unsaturated/α-hetero) is 1. The summed E-state index contributed by atoms with van der Waals surface area (Å²) >= 11 is 0. The van der Waals surface area contributed by atoms with Gasteiger partial charge in [0.2, 0.25) is 0 Å². The molecule has 0 aliphatic heterocycles. The minimum absolute atomic E-state index is 0.0389. The van der Waals surface area contributed by atoms with Gasteiger partial charge in [-0.25, -0.2) is 0 Å². The van der Waals surface area contributed by atoms with E-state index in [-0.39, 0.29) is 11.7 Å². The van der Waals surface area contributed by atoms with Crippen molar-refractivity contribution >= 4 is 5.78 Å². The van der Waals surface area contributed by atoms with Crippen LogP contribution in [0.4, 0.5) is 0 Å². The molecule has 3 nitrogen and oxygen atoms in total. The second-order valence-electron chi connectivity index (χ2n) is 4.92. The number of fused-ring (bicyclic) bond motifs is 1. The Hall–Kier alpha value is -2.29. The van der Waals surface area contributed by atoms with Crippen LogP contribution in [0, 0.1) is 0 Å². The van der Waals surface area contributed by atoms with Crippen molar-refractivity contribution in [2.75, 3.05) is 14.2 Å². The molecule has 3 heteroatoms. The van der Waals surface area contributed by atoms with Crippen molar-refractivity contribution in [1.29, 1.82) is 0 Å². The normalized spacial score (nSPS) is 16.0. The molecule has 0 bridgehead atoms. The van der Waals surface area contributed by atoms with Crippen LogP contribution in [0.3, 0.4) is 0 Å². The van der Waals surface area contributed by atoms with Gasteiger partial charge in [-0.1, -0.05) is 24.3 Å². The van der Waals surface area contributed by atoms with Crippen molar-refractivity contribution in [1.82, 2.24) is 0 Å². The van der Waals surface area contributed by atoms with E-state index in [9.17, 15) is 4.79 Å². The van der Waals surface area contributed by atoms with Crippen LogP contribution in [-0.4, -0.2) is 20.0 Å². The molecule has 0 spiro atoms. The molecule has 0 heterocycles. The molecule has 0 N–H and O–H groups in total. The summed E-state index contributed by atoms with van der Waals surface area (Å²) < 4.78 is 10.4. The Morgan fingerprint density at radius 2 is 1.70 bits per heavy atom. The highest BCUT2D eigenvalue weighted by atomic mass is 16.5. The van der Waals surface area contributed by atoms with Gasteiger partial charge in [-0.15, -0.1) is 0 Å². The number of methoxy groups -OCH3 is 2. The van der Waals surface area contributed by atoms with Gasteiger partial charge in [0.05, 0.1) is 20.1 Å². The highest BCUT2D eigenvalue weighted by molar-refractivity contribution is 6.03. The summed E-state index contributed by atoms with van der Waals surface area (Å²) in [6, 6.07) is 13.4. The van der Waals surface area contributed by atoms with Gasteiger partial charge in [0.1, 0.15) is 11.5 Å². The van der Waals surface area contributed by atoms with Crippen LogP contribution >= 0.6 is 0 Å². The van der Waals surface area contributed by atoms with Crippen molar-refractivity contribution in [3.8, 4) is 11.5 Å². The predicted octanol–water partition coefficient (Wildman–Crippen LogP) is 3.23. The number of rotatable bonds is 4. The molecule has 2 aromatic rings. The standard InChI is InChI=1S/C17H16O3/c1-19-13-7-12(8-14(10-13)20-2)17(18)16-9-11-5-3-4-6-15(11)16/h3-8,10,16H,9H2,1-2H3. The third-order valence-corrected chi connectivity index (χ3v) is 3.81. The van der Waals surface area contributed by atoms with Crippen molar-refractivity contribution in [3.05, 3.63) is 59.2 Å². The second kappa shape index (κ2) is 5.00. The van der Waals surface area contributed by atoms with Gasteiger partial charge in [-0.3, -0.25) is 4.79 Å². The van der Waals surface area contributed by atoms with Crippen LogP contribution in [0.5, 0.6) is 11.5 Å². The quantitative estimate of drug-likeness (QED) is 0.799. The van der Waals surface area contributed by atoms with E-state index >= 15 is 0 Å². The molecule has 1 atom stereocenters. The summed E-state index contributed by atoms with van der Waals surface area (Å²) in [6.45, 7) is 0. The van der Waals surface area contributed by atoms with Gasteiger partial charge in [0, 0.05) is 11.6 Å². The highest BCUT2D eigenvalue weighted by Gasteiger charge is 2.32. The Morgan fingerprint density at radius 1 is 1.05 bits per heavy atom. The van der Waals surface area contributed by atoms with Gasteiger partial charge in [0.25, 0.3) is 0 Å². The Morgan fingerprint density at radius 3 is 2.30 bits per heavy atom. The zero-order valence-corrected chi connectivity index (χ0v) is 11.6. The molecule has 0 aromatic heterocycles. The molecule has 0 amide bonds. The first kappa shape index (κ1) is 12.7. The van der Waals surface area contributed by atoms with Gasteiger partial charge >= 0.3 is 0 Å². The second-order valence-corrected chi connectivity index (χ2v) is 4.92. The summed E-state index contributed by atoms with van der Waals surface area (Å²) in [5.74, 6) is 1.37. The van der Waals surface area contributed by atoms with Gasteiger partial charge in [-0.2, -0.15) is 0 Å². The van der Waals surface area contributed by atoms with Gasteiger partial charge in [-0.05, 0) is 29.7 Å². The minimum Gasteiger partial charge on any atom is -0.497 e. The maximum absolute atomic E-state index is 12.6. The van der Waals surface area contributed by atoms with E-state index in [0.717, 1.165) is 12.0 Å². The molecule has 102 valence electrons. The van der Waals surface area contributed by atoms with E-state index < -0.39 is 0 Å². The van der Waals surface area contributed by atoms with Crippen LogP contribution in [0.1, 0.15) is 27.4 Å². The van der Waals surface area contributed by atoms with E-state index in [4.69, 9.17) is 9.47 Å². The SMILES string of the molecule is COc1cc(OC)cc(C(=O)C2Cc3ccccc32)c1. The van der Waals surface area contributed by atoms with E-state index in [0.29, 0.717) is 17.1 Å². The number of carbonyl (C=O) groups is 1. The topological polar surface area (TPSA) is 35.5 Å². The molecule has 0 fully saturated rings. The summed E-state index contributed by atoms with van der Waals surface area (Å²) in [6.07, 6.45) is 0.814. The molecule has 0 saturated carbocycles. The van der Waals surface area contributed by atoms with Crippen molar-refractivity contribution in [2.45, 2.75) is 12.3 Å². The maximum Gasteiger partial charge on any atom is 0.170 e. The molecule has 20 heavy (non-hydrogen) atoms. The first-order valence-electron chi connectivity index (χ1n) is 6.58. The van der Waals surface area contributed by atoms with Crippen LogP contribution in [0.25, 0.3) is 0 Å². The Bertz CT molecular complexity index is 639. The lowest BCUT2D eigenvalue weighted by molar-refractivity contribution is 0.0948. The maximum atomic E-state index is 12.6. The number of carbonyl (C=O) groups excluding carboxylic acids is 1. The monoisotopic (exact) mass is 268 g/mol. The fourth-order valence-corrected chi connectivity index (χ4v) is 2.64. The molecule has 3 rings (SSSR count). The Labute approximate surface area is 118 Å². The lowest BCUT2D eigenvalue weighted by Gasteiger charge is -2.29. The highest BCUT2D eigenvalue weighted by Crippen LogP contribution is 2.38. The summed E-state index contributed by atoms with van der Waals surface area (Å²) in [5.41, 5.74) is 3.04. The number of hydrogen-bond acceptors (Lipinski definition) is 3. The fourth-order valence-electron chi connectivity index (χ4n) is 2.64. The van der Waals surface area contributed by atoms with E-state index in [1.807, 2.05) is 18.2 Å². The molecule has 2 aromatic carbocycles. The van der Waals surface area contributed by atoms with Gasteiger partial charge in [0.15, 0.2) is 5.78 Å². The van der Waals surface area contributed by atoms with Crippen LogP contribution in [0.15, 0.2) is 42.5 Å². The zero-order chi connectivity index (χ0) is 14.1. The molecule has 0 radical (unpaired) electrons. The Kier molecular flexibility index (Phi) is 3.18. The number of hydrogen-bond donors (Lipinski definition) is 0. The first-order chi connectivity index (χ1) is 9.72. The average molecular weight is 268 g/mol. The third-order valence-electron chi connectivity index (χ3n) is 3.81. The predicted molar refractivity (Wildman–Crippen MR) is 76.8 cm³/mol. The van der Waals surface area contributed by atoms with Crippen LogP contribution < -0.4 is 9.47 Å². The summed E-state index contributed by atoms with van der Waals surface area (Å²) in [7, 11) is 3.17. The molecule has 1 aliphatic rings. The van der Waals surface area contributed by atoms with Crippen LogP contribution in [0.2, 0.25) is 0 Å². The fraction of sp³-hybridized carbons (Fsp3) is 0.235. The molecular formula is C17H16O3. The number of benzene rings is 2. The number of ketones is 1. The molecule has 1 aliphatic carbocycles. The number of ether oxygens (including phenoxy) is 2. The van der Waals surface area contributed by atoms with E-state index in [2.05, 4.69) is 6.07 Å². The molecule has 1 unspecified atom stereocenters. The summed E-state index contributed by atoms with van der Waals surface area (Å²) in [5, 5.41) is 0. The molecular weight excluding hydrogens is 252 g/mol. The smallest absolute Gasteiger partial charge is 0.170 e. The molecule has 0 saturated heterocycles. The van der Waals surface area contributed by atoms with Gasteiger partial charge < -0.3 is 9.47 Å². The van der Waals surface area contributed by atoms with Crippen molar-refractivity contribution < 1.29 is 14.3 Å². The zero-order valence-electron chi connectivity index (χ0n) is 11.6.